The van der Waals surface area contributed by atoms with Gasteiger partial charge in [0.2, 0.25) is 18.4 Å². The number of hydrogen-bond acceptors (Lipinski definition) is 11. The molecule has 0 bridgehead atoms. The summed E-state index contributed by atoms with van der Waals surface area (Å²) in [5.41, 5.74) is 4.18. The van der Waals surface area contributed by atoms with E-state index >= 15 is 0 Å². The molecule has 6 rings (SSSR count). The number of aliphatic hydroxyl groups excluding tert-OH is 1. The zero-order chi connectivity index (χ0) is 28.8. The van der Waals surface area contributed by atoms with Crippen LogP contribution in [0.25, 0.3) is 0 Å². The number of hydrogen-bond donors (Lipinski definition) is 3. The molecule has 0 amide bonds. The van der Waals surface area contributed by atoms with Gasteiger partial charge in [-0.2, -0.15) is 0 Å². The van der Waals surface area contributed by atoms with Gasteiger partial charge in [-0.25, -0.2) is 4.79 Å². The summed E-state index contributed by atoms with van der Waals surface area (Å²) < 4.78 is 24.7. The van der Waals surface area contributed by atoms with Gasteiger partial charge in [-0.1, -0.05) is 11.7 Å². The van der Waals surface area contributed by atoms with Crippen molar-refractivity contribution in [2.24, 2.45) is 5.16 Å². The maximum atomic E-state index is 12.4. The second-order valence-electron chi connectivity index (χ2n) is 9.94. The van der Waals surface area contributed by atoms with E-state index in [0.717, 1.165) is 11.1 Å². The molecule has 3 aliphatic heterocycles. The summed E-state index contributed by atoms with van der Waals surface area (Å²) in [5.74, 6) is 0.00298. The van der Waals surface area contributed by atoms with Crippen LogP contribution in [-0.2, 0) is 22.7 Å². The van der Waals surface area contributed by atoms with E-state index in [-0.39, 0.29) is 19.3 Å². The summed E-state index contributed by atoms with van der Waals surface area (Å²) in [4.78, 5) is 22.9. The Morgan fingerprint density at radius 1 is 1.15 bits per heavy atom. The van der Waals surface area contributed by atoms with Crippen LogP contribution in [0.4, 0.5) is 0 Å². The lowest BCUT2D eigenvalue weighted by Crippen LogP contribution is -2.43. The van der Waals surface area contributed by atoms with Crippen LogP contribution in [0.1, 0.15) is 35.1 Å². The predicted molar refractivity (Wildman–Crippen MR) is 143 cm³/mol. The zero-order valence-corrected chi connectivity index (χ0v) is 22.3. The molecule has 3 aliphatic rings. The van der Waals surface area contributed by atoms with Gasteiger partial charge in [0.15, 0.2) is 0 Å². The molecule has 0 saturated heterocycles. The topological polar surface area (TPSA) is 150 Å². The number of nitrogens with zero attached hydrogens (tertiary/aromatic N) is 2. The Hall–Kier alpha value is -4.84. The van der Waals surface area contributed by atoms with Gasteiger partial charge in [0.1, 0.15) is 47.5 Å². The van der Waals surface area contributed by atoms with Crippen LogP contribution < -0.4 is 23.8 Å². The molecule has 41 heavy (non-hydrogen) atoms. The van der Waals surface area contributed by atoms with Gasteiger partial charge in [0, 0.05) is 40.8 Å². The van der Waals surface area contributed by atoms with Crippen molar-refractivity contribution >= 4 is 11.7 Å². The van der Waals surface area contributed by atoms with E-state index in [4.69, 9.17) is 28.6 Å². The average Bonchev–Trinajstić information content (AvgIpc) is 3.55. The standard InChI is InChI=1S/C29H28N2O10/c1-14(2)20-10-18-19(39-20)5-4-16-28(30-38-13-26(35)41-31-24(33)6-7-25(31)34)27-17-9-21(36-3)15(11-32)8-22(17)37-12-23(27)40-29(16)18/h4-9,20,23,27,32-34H,1,10-13H2,2-3H3/t20-,23-,27+/m1/s1. The summed E-state index contributed by atoms with van der Waals surface area (Å²) in [6, 6.07) is 9.51. The molecule has 3 aromatic rings. The lowest BCUT2D eigenvalue weighted by atomic mass is 9.80. The fraction of sp³-hybridized carbons (Fsp3) is 0.310. The Bertz CT molecular complexity index is 1560. The number of methoxy groups -OCH3 is 1. The molecule has 12 heteroatoms. The van der Waals surface area contributed by atoms with Crippen molar-refractivity contribution in [3.63, 3.8) is 0 Å². The molecule has 1 aromatic heterocycles. The van der Waals surface area contributed by atoms with Crippen LogP contribution in [-0.4, -0.2) is 64.3 Å². The fourth-order valence-corrected chi connectivity index (χ4v) is 5.30. The van der Waals surface area contributed by atoms with Crippen LogP contribution >= 0.6 is 0 Å². The van der Waals surface area contributed by atoms with Crippen LogP contribution in [0.2, 0.25) is 0 Å². The third kappa shape index (κ3) is 4.55. The van der Waals surface area contributed by atoms with Crippen molar-refractivity contribution in [2.45, 2.75) is 38.1 Å². The summed E-state index contributed by atoms with van der Waals surface area (Å²) in [6.45, 7) is 5.28. The van der Waals surface area contributed by atoms with Crippen LogP contribution in [0.15, 0.2) is 53.7 Å². The van der Waals surface area contributed by atoms with E-state index in [2.05, 4.69) is 11.7 Å². The zero-order valence-electron chi connectivity index (χ0n) is 22.3. The van der Waals surface area contributed by atoms with Crippen molar-refractivity contribution in [1.82, 2.24) is 4.73 Å². The Morgan fingerprint density at radius 2 is 1.93 bits per heavy atom. The number of fused-ring (bicyclic) bond motifs is 6. The van der Waals surface area contributed by atoms with Gasteiger partial charge in [-0.15, -0.1) is 4.73 Å². The van der Waals surface area contributed by atoms with Crippen molar-refractivity contribution in [3.05, 3.63) is 70.8 Å². The number of oxime groups is 1. The van der Waals surface area contributed by atoms with Crippen molar-refractivity contribution in [2.75, 3.05) is 20.3 Å². The number of rotatable bonds is 7. The second-order valence-corrected chi connectivity index (χ2v) is 9.94. The predicted octanol–water partition coefficient (Wildman–Crippen LogP) is 2.59. The quantitative estimate of drug-likeness (QED) is 0.289. The Morgan fingerprint density at radius 3 is 2.63 bits per heavy atom. The lowest BCUT2D eigenvalue weighted by Gasteiger charge is -2.39. The molecular weight excluding hydrogens is 536 g/mol. The molecule has 0 aliphatic carbocycles. The summed E-state index contributed by atoms with van der Waals surface area (Å²) in [6.07, 6.45) is -0.117. The first-order chi connectivity index (χ1) is 19.8. The first-order valence-electron chi connectivity index (χ1n) is 12.9. The molecular formula is C29H28N2O10. The molecule has 0 fully saturated rings. The van der Waals surface area contributed by atoms with E-state index in [0.29, 0.717) is 56.6 Å². The maximum Gasteiger partial charge on any atom is 0.373 e. The molecule has 0 spiro atoms. The number of carbonyl (C=O) groups excluding carboxylic acids is 1. The number of aliphatic hydroxyl groups is 1. The van der Waals surface area contributed by atoms with E-state index in [9.17, 15) is 20.1 Å². The molecule has 3 atom stereocenters. The van der Waals surface area contributed by atoms with Crippen LogP contribution in [0, 0.1) is 0 Å². The molecule has 2 aromatic carbocycles. The van der Waals surface area contributed by atoms with Gasteiger partial charge in [0.25, 0.3) is 0 Å². The Kier molecular flexibility index (Phi) is 6.62. The molecule has 4 heterocycles. The molecule has 12 nitrogen and oxygen atoms in total. The molecule has 3 N–H and O–H groups in total. The average molecular weight is 565 g/mol. The van der Waals surface area contributed by atoms with Crippen molar-refractivity contribution in [3.8, 4) is 34.8 Å². The second kappa shape index (κ2) is 10.3. The SMILES string of the molecule is C=C(C)[C@H]1Cc2c(ccc3c2O[C@@H]2COc4cc(CO)c(OC)cc4[C@@H]2C3=NOCC(=O)On2c(O)ccc2O)O1. The van der Waals surface area contributed by atoms with Gasteiger partial charge in [-0.05, 0) is 36.8 Å². The lowest BCUT2D eigenvalue weighted by molar-refractivity contribution is -0.150. The maximum absolute atomic E-state index is 12.4. The number of ether oxygens (including phenoxy) is 4. The monoisotopic (exact) mass is 564 g/mol. The third-order valence-corrected chi connectivity index (χ3v) is 7.29. The fourth-order valence-electron chi connectivity index (χ4n) is 5.30. The largest absolute Gasteiger partial charge is 0.496 e. The van der Waals surface area contributed by atoms with Crippen molar-refractivity contribution in [1.29, 1.82) is 0 Å². The molecule has 0 radical (unpaired) electrons. The smallest absolute Gasteiger partial charge is 0.373 e. The van der Waals surface area contributed by atoms with E-state index in [1.807, 2.05) is 19.1 Å². The van der Waals surface area contributed by atoms with Crippen LogP contribution in [0.3, 0.4) is 0 Å². The van der Waals surface area contributed by atoms with Gasteiger partial charge >= 0.3 is 5.97 Å². The molecule has 0 unspecified atom stereocenters. The summed E-state index contributed by atoms with van der Waals surface area (Å²) in [5, 5.41) is 33.7. The van der Waals surface area contributed by atoms with E-state index in [1.54, 1.807) is 12.1 Å². The number of aromatic hydroxyl groups is 2. The number of benzene rings is 2. The highest BCUT2D eigenvalue weighted by molar-refractivity contribution is 6.09. The van der Waals surface area contributed by atoms with Gasteiger partial charge in [0.05, 0.1) is 19.6 Å². The summed E-state index contributed by atoms with van der Waals surface area (Å²) in [7, 11) is 1.51. The highest BCUT2D eigenvalue weighted by Crippen LogP contribution is 2.49. The minimum absolute atomic E-state index is 0.185. The van der Waals surface area contributed by atoms with E-state index in [1.165, 1.54) is 19.2 Å². The number of aromatic nitrogens is 1. The molecule has 0 saturated carbocycles. The molecule has 214 valence electrons. The highest BCUT2D eigenvalue weighted by atomic mass is 16.7. The first kappa shape index (κ1) is 26.4. The van der Waals surface area contributed by atoms with Crippen molar-refractivity contribution < 1.29 is 48.7 Å². The van der Waals surface area contributed by atoms with E-state index < -0.39 is 36.4 Å². The van der Waals surface area contributed by atoms with Gasteiger partial charge in [-0.3, -0.25) is 0 Å². The highest BCUT2D eigenvalue weighted by Gasteiger charge is 2.45. The third-order valence-electron chi connectivity index (χ3n) is 7.29. The minimum atomic E-state index is -0.909. The number of carbonyl (C=O) groups is 1. The van der Waals surface area contributed by atoms with Crippen LogP contribution in [0.5, 0.6) is 34.8 Å². The Balaban J connectivity index is 1.38. The first-order valence-corrected chi connectivity index (χ1v) is 12.9. The normalized spacial score (nSPS) is 20.9. The minimum Gasteiger partial charge on any atom is -0.496 e. The van der Waals surface area contributed by atoms with Gasteiger partial charge < -0.3 is 43.9 Å². The summed E-state index contributed by atoms with van der Waals surface area (Å²) >= 11 is 0. The Labute approximate surface area is 234 Å².